The fourth-order valence-electron chi connectivity index (χ4n) is 1.64. The molecule has 0 aromatic rings. The molecule has 0 aliphatic carbocycles. The summed E-state index contributed by atoms with van der Waals surface area (Å²) in [6, 6.07) is 0.630. The molecule has 0 aromatic carbocycles. The fourth-order valence-corrected chi connectivity index (χ4v) is 1.64. The maximum atomic E-state index is 3.62. The van der Waals surface area contributed by atoms with Gasteiger partial charge in [-0.05, 0) is 52.5 Å². The van der Waals surface area contributed by atoms with Gasteiger partial charge in [0, 0.05) is 18.1 Å². The summed E-state index contributed by atoms with van der Waals surface area (Å²) < 4.78 is 0. The van der Waals surface area contributed by atoms with Crippen molar-refractivity contribution in [3.05, 3.63) is 0 Å². The highest BCUT2D eigenvalue weighted by Gasteiger charge is 2.16. The third-order valence-electron chi connectivity index (χ3n) is 2.92. The van der Waals surface area contributed by atoms with E-state index in [1.54, 1.807) is 0 Å². The Hall–Kier alpha value is -0.0800. The van der Waals surface area contributed by atoms with Crippen LogP contribution in [-0.4, -0.2) is 24.7 Å². The van der Waals surface area contributed by atoms with Gasteiger partial charge < -0.3 is 10.6 Å². The van der Waals surface area contributed by atoms with Crippen LogP contribution in [0.25, 0.3) is 0 Å². The Morgan fingerprint density at radius 3 is 2.19 bits per heavy atom. The Morgan fingerprint density at radius 2 is 1.69 bits per heavy atom. The van der Waals surface area contributed by atoms with E-state index in [2.05, 4.69) is 52.2 Å². The summed E-state index contributed by atoms with van der Waals surface area (Å²) in [5.41, 5.74) is 0.210. The first-order valence-corrected chi connectivity index (χ1v) is 6.85. The standard InChI is InChI=1S/C14H32N2/c1-7-10-16-14(5,6)11-15-13(4)9-8-12(2)3/h12-13,15-16H,7-11H2,1-6H3. The quantitative estimate of drug-likeness (QED) is 0.633. The van der Waals surface area contributed by atoms with Gasteiger partial charge in [-0.2, -0.15) is 0 Å². The first-order chi connectivity index (χ1) is 7.37. The molecule has 0 saturated carbocycles. The van der Waals surface area contributed by atoms with E-state index in [4.69, 9.17) is 0 Å². The van der Waals surface area contributed by atoms with E-state index >= 15 is 0 Å². The Morgan fingerprint density at radius 1 is 1.06 bits per heavy atom. The van der Waals surface area contributed by atoms with Crippen molar-refractivity contribution >= 4 is 0 Å². The molecule has 0 aliphatic rings. The minimum absolute atomic E-state index is 0.210. The first-order valence-electron chi connectivity index (χ1n) is 6.85. The highest BCUT2D eigenvalue weighted by atomic mass is 15.0. The number of hydrogen-bond donors (Lipinski definition) is 2. The summed E-state index contributed by atoms with van der Waals surface area (Å²) in [5.74, 6) is 0.815. The molecule has 0 rings (SSSR count). The Kier molecular flexibility index (Phi) is 8.04. The molecule has 0 aromatic heterocycles. The monoisotopic (exact) mass is 228 g/mol. The average Bonchev–Trinajstić information content (AvgIpc) is 2.21. The van der Waals surface area contributed by atoms with Crippen molar-refractivity contribution in [1.82, 2.24) is 10.6 Å². The van der Waals surface area contributed by atoms with E-state index < -0.39 is 0 Å². The zero-order valence-electron chi connectivity index (χ0n) is 12.2. The zero-order valence-corrected chi connectivity index (χ0v) is 12.2. The van der Waals surface area contributed by atoms with Crippen LogP contribution in [0, 0.1) is 5.92 Å². The highest BCUT2D eigenvalue weighted by Crippen LogP contribution is 2.07. The van der Waals surface area contributed by atoms with Crippen molar-refractivity contribution < 1.29 is 0 Å². The lowest BCUT2D eigenvalue weighted by atomic mass is 10.0. The summed E-state index contributed by atoms with van der Waals surface area (Å²) in [7, 11) is 0. The predicted molar refractivity (Wildman–Crippen MR) is 73.9 cm³/mol. The molecule has 2 N–H and O–H groups in total. The molecule has 0 heterocycles. The van der Waals surface area contributed by atoms with Gasteiger partial charge >= 0.3 is 0 Å². The molecule has 0 fully saturated rings. The van der Waals surface area contributed by atoms with Crippen molar-refractivity contribution in [3.63, 3.8) is 0 Å². The highest BCUT2D eigenvalue weighted by molar-refractivity contribution is 4.81. The lowest BCUT2D eigenvalue weighted by Crippen LogP contribution is -2.49. The van der Waals surface area contributed by atoms with Crippen LogP contribution >= 0.6 is 0 Å². The molecule has 98 valence electrons. The fraction of sp³-hybridized carbons (Fsp3) is 1.00. The topological polar surface area (TPSA) is 24.1 Å². The van der Waals surface area contributed by atoms with Crippen LogP contribution in [0.2, 0.25) is 0 Å². The molecule has 2 heteroatoms. The summed E-state index contributed by atoms with van der Waals surface area (Å²) in [6.07, 6.45) is 3.80. The zero-order chi connectivity index (χ0) is 12.6. The normalized spacial score (nSPS) is 14.4. The van der Waals surface area contributed by atoms with E-state index in [1.165, 1.54) is 19.3 Å². The SMILES string of the molecule is CCCNC(C)(C)CNC(C)CCC(C)C. The van der Waals surface area contributed by atoms with Gasteiger partial charge in [-0.1, -0.05) is 20.8 Å². The summed E-state index contributed by atoms with van der Waals surface area (Å²) >= 11 is 0. The molecule has 0 saturated heterocycles. The molecule has 2 nitrogen and oxygen atoms in total. The van der Waals surface area contributed by atoms with Gasteiger partial charge in [0.1, 0.15) is 0 Å². The van der Waals surface area contributed by atoms with Crippen LogP contribution in [0.1, 0.15) is 60.8 Å². The second-order valence-corrected chi connectivity index (χ2v) is 6.06. The minimum Gasteiger partial charge on any atom is -0.312 e. The molecule has 0 amide bonds. The largest absolute Gasteiger partial charge is 0.312 e. The van der Waals surface area contributed by atoms with Crippen LogP contribution in [0.15, 0.2) is 0 Å². The Balaban J connectivity index is 3.67. The van der Waals surface area contributed by atoms with Crippen molar-refractivity contribution in [1.29, 1.82) is 0 Å². The Labute approximate surface area is 103 Å². The first kappa shape index (κ1) is 15.9. The van der Waals surface area contributed by atoms with E-state index in [0.29, 0.717) is 6.04 Å². The second kappa shape index (κ2) is 8.08. The third kappa shape index (κ3) is 9.17. The summed E-state index contributed by atoms with van der Waals surface area (Å²) in [6.45, 7) is 15.8. The molecular weight excluding hydrogens is 196 g/mol. The lowest BCUT2D eigenvalue weighted by Gasteiger charge is -2.28. The molecule has 1 unspecified atom stereocenters. The van der Waals surface area contributed by atoms with Crippen LogP contribution in [0.3, 0.4) is 0 Å². The lowest BCUT2D eigenvalue weighted by molar-refractivity contribution is 0.337. The minimum atomic E-state index is 0.210. The van der Waals surface area contributed by atoms with Crippen LogP contribution < -0.4 is 10.6 Å². The van der Waals surface area contributed by atoms with E-state index in [1.807, 2.05) is 0 Å². The van der Waals surface area contributed by atoms with Gasteiger partial charge in [0.15, 0.2) is 0 Å². The molecule has 0 aliphatic heterocycles. The summed E-state index contributed by atoms with van der Waals surface area (Å²) in [4.78, 5) is 0. The number of rotatable bonds is 9. The van der Waals surface area contributed by atoms with Crippen molar-refractivity contribution in [2.24, 2.45) is 5.92 Å². The van der Waals surface area contributed by atoms with E-state index in [-0.39, 0.29) is 5.54 Å². The molecule has 0 spiro atoms. The summed E-state index contributed by atoms with van der Waals surface area (Å²) in [5, 5.41) is 7.19. The van der Waals surface area contributed by atoms with Crippen molar-refractivity contribution in [2.75, 3.05) is 13.1 Å². The van der Waals surface area contributed by atoms with Gasteiger partial charge in [0.25, 0.3) is 0 Å². The number of nitrogens with one attached hydrogen (secondary N) is 2. The van der Waals surface area contributed by atoms with Crippen LogP contribution in [0.4, 0.5) is 0 Å². The Bertz CT molecular complexity index is 164. The van der Waals surface area contributed by atoms with Gasteiger partial charge in [0.2, 0.25) is 0 Å². The van der Waals surface area contributed by atoms with Gasteiger partial charge in [-0.3, -0.25) is 0 Å². The maximum absolute atomic E-state index is 3.62. The van der Waals surface area contributed by atoms with Gasteiger partial charge in [-0.25, -0.2) is 0 Å². The number of hydrogen-bond acceptors (Lipinski definition) is 2. The second-order valence-electron chi connectivity index (χ2n) is 6.06. The van der Waals surface area contributed by atoms with E-state index in [9.17, 15) is 0 Å². The van der Waals surface area contributed by atoms with E-state index in [0.717, 1.165) is 19.0 Å². The molecule has 0 bridgehead atoms. The van der Waals surface area contributed by atoms with Crippen LogP contribution in [-0.2, 0) is 0 Å². The smallest absolute Gasteiger partial charge is 0.0249 e. The van der Waals surface area contributed by atoms with Crippen LogP contribution in [0.5, 0.6) is 0 Å². The van der Waals surface area contributed by atoms with Gasteiger partial charge in [-0.15, -0.1) is 0 Å². The van der Waals surface area contributed by atoms with Gasteiger partial charge in [0.05, 0.1) is 0 Å². The van der Waals surface area contributed by atoms with Crippen molar-refractivity contribution in [3.8, 4) is 0 Å². The molecule has 1 atom stereocenters. The molecule has 0 radical (unpaired) electrons. The predicted octanol–water partition coefficient (Wildman–Crippen LogP) is 3.18. The van der Waals surface area contributed by atoms with Crippen molar-refractivity contribution in [2.45, 2.75) is 72.4 Å². The molecular formula is C14H32N2. The third-order valence-corrected chi connectivity index (χ3v) is 2.92. The molecule has 16 heavy (non-hydrogen) atoms. The average molecular weight is 228 g/mol. The maximum Gasteiger partial charge on any atom is 0.0249 e.